The van der Waals surface area contributed by atoms with Gasteiger partial charge in [-0.2, -0.15) is 0 Å². The lowest BCUT2D eigenvalue weighted by Gasteiger charge is -2.12. The van der Waals surface area contributed by atoms with Gasteiger partial charge in [0.05, 0.1) is 38.7 Å². The Balaban J connectivity index is 1.35. The zero-order valence-electron chi connectivity index (χ0n) is 22.3. The van der Waals surface area contributed by atoms with Gasteiger partial charge in [0.1, 0.15) is 5.00 Å². The number of esters is 1. The van der Waals surface area contributed by atoms with Crippen molar-refractivity contribution < 1.29 is 28.6 Å². The normalized spacial score (nSPS) is 12.4. The Bertz CT molecular complexity index is 1370. The number of ether oxygens (including phenoxy) is 3. The van der Waals surface area contributed by atoms with Crippen LogP contribution in [-0.2, 0) is 36.0 Å². The molecule has 3 aromatic rings. The summed E-state index contributed by atoms with van der Waals surface area (Å²) in [6, 6.07) is 4.91. The SMILES string of the molecule is CCOC(=O)c1c(NC(=O)CSc2nnc(CNC(=O)c3ccc(OC)c(OC)c3)n2C)sc2c1CCCC2. The van der Waals surface area contributed by atoms with E-state index in [0.717, 1.165) is 36.1 Å². The number of thioether (sulfide) groups is 1. The van der Waals surface area contributed by atoms with E-state index >= 15 is 0 Å². The van der Waals surface area contributed by atoms with Crippen molar-refractivity contribution in [3.63, 3.8) is 0 Å². The third-order valence-corrected chi connectivity index (χ3v) is 8.44. The van der Waals surface area contributed by atoms with Crippen LogP contribution in [0.4, 0.5) is 5.00 Å². The first-order valence-corrected chi connectivity index (χ1v) is 14.3. The third kappa shape index (κ3) is 6.53. The van der Waals surface area contributed by atoms with Gasteiger partial charge in [-0.05, 0) is 56.4 Å². The molecule has 208 valence electrons. The first-order valence-electron chi connectivity index (χ1n) is 12.5. The lowest BCUT2D eigenvalue weighted by molar-refractivity contribution is -0.113. The number of benzene rings is 1. The molecule has 0 saturated heterocycles. The number of carbonyl (C=O) groups is 3. The minimum atomic E-state index is -0.395. The van der Waals surface area contributed by atoms with Crippen LogP contribution in [0.5, 0.6) is 11.5 Å². The highest BCUT2D eigenvalue weighted by Crippen LogP contribution is 2.38. The monoisotopic (exact) mass is 573 g/mol. The number of anilines is 1. The second-order valence-corrected chi connectivity index (χ2v) is 10.7. The summed E-state index contributed by atoms with van der Waals surface area (Å²) in [5.41, 5.74) is 1.90. The zero-order chi connectivity index (χ0) is 27.9. The lowest BCUT2D eigenvalue weighted by Crippen LogP contribution is -2.24. The molecule has 2 heterocycles. The average molecular weight is 574 g/mol. The van der Waals surface area contributed by atoms with Crippen molar-refractivity contribution in [2.75, 3.05) is 31.9 Å². The van der Waals surface area contributed by atoms with Gasteiger partial charge in [-0.1, -0.05) is 11.8 Å². The predicted molar refractivity (Wildman–Crippen MR) is 148 cm³/mol. The minimum Gasteiger partial charge on any atom is -0.493 e. The molecule has 0 radical (unpaired) electrons. The average Bonchev–Trinajstić information content (AvgIpc) is 3.49. The first-order chi connectivity index (χ1) is 18.9. The Morgan fingerprint density at radius 3 is 2.62 bits per heavy atom. The van der Waals surface area contributed by atoms with Gasteiger partial charge in [0.25, 0.3) is 5.91 Å². The standard InChI is InChI=1S/C26H31N5O6S2/c1-5-37-25(34)22-16-8-6-7-9-19(16)39-24(22)28-21(32)14-38-26-30-29-20(31(26)2)13-27-23(33)15-10-11-17(35-3)18(12-15)36-4/h10-12H,5-9,13-14H2,1-4H3,(H,27,33)(H,28,32). The van der Waals surface area contributed by atoms with Gasteiger partial charge in [0.15, 0.2) is 22.5 Å². The summed E-state index contributed by atoms with van der Waals surface area (Å²) in [7, 11) is 4.80. The summed E-state index contributed by atoms with van der Waals surface area (Å²) in [6.45, 7) is 2.19. The van der Waals surface area contributed by atoms with Crippen molar-refractivity contribution in [2.24, 2.45) is 7.05 Å². The molecule has 0 atom stereocenters. The van der Waals surface area contributed by atoms with Crippen LogP contribution in [0.25, 0.3) is 0 Å². The van der Waals surface area contributed by atoms with E-state index in [9.17, 15) is 14.4 Å². The number of aryl methyl sites for hydroxylation is 1. The highest BCUT2D eigenvalue weighted by atomic mass is 32.2. The van der Waals surface area contributed by atoms with E-state index < -0.39 is 5.97 Å². The Morgan fingerprint density at radius 1 is 1.10 bits per heavy atom. The first kappa shape index (κ1) is 28.4. The number of aromatic nitrogens is 3. The quantitative estimate of drug-likeness (QED) is 0.261. The van der Waals surface area contributed by atoms with Crippen LogP contribution in [0.15, 0.2) is 23.4 Å². The summed E-state index contributed by atoms with van der Waals surface area (Å²) in [5.74, 6) is 0.644. The number of rotatable bonds is 11. The van der Waals surface area contributed by atoms with Gasteiger partial charge in [0, 0.05) is 17.5 Å². The summed E-state index contributed by atoms with van der Waals surface area (Å²) in [4.78, 5) is 39.2. The third-order valence-electron chi connectivity index (χ3n) is 6.21. The Labute approximate surface area is 234 Å². The summed E-state index contributed by atoms with van der Waals surface area (Å²) in [5, 5.41) is 15.1. The number of nitrogens with one attached hydrogen (secondary N) is 2. The molecule has 39 heavy (non-hydrogen) atoms. The minimum absolute atomic E-state index is 0.0782. The van der Waals surface area contributed by atoms with E-state index in [2.05, 4.69) is 20.8 Å². The molecular formula is C26H31N5O6S2. The van der Waals surface area contributed by atoms with Gasteiger partial charge in [0.2, 0.25) is 5.91 Å². The lowest BCUT2D eigenvalue weighted by atomic mass is 9.95. The highest BCUT2D eigenvalue weighted by molar-refractivity contribution is 7.99. The van der Waals surface area contributed by atoms with E-state index in [1.807, 2.05) is 0 Å². The van der Waals surface area contributed by atoms with Crippen molar-refractivity contribution in [3.8, 4) is 11.5 Å². The number of nitrogens with zero attached hydrogens (tertiary/aromatic N) is 3. The molecule has 1 aliphatic carbocycles. The molecule has 4 rings (SSSR count). The van der Waals surface area contributed by atoms with Gasteiger partial charge < -0.3 is 29.4 Å². The molecule has 0 bridgehead atoms. The second-order valence-electron chi connectivity index (χ2n) is 8.68. The van der Waals surface area contributed by atoms with Crippen molar-refractivity contribution in [2.45, 2.75) is 44.3 Å². The fourth-order valence-corrected chi connectivity index (χ4v) is 6.25. The molecule has 13 heteroatoms. The molecule has 0 unspecified atom stereocenters. The summed E-state index contributed by atoms with van der Waals surface area (Å²) >= 11 is 2.67. The number of hydrogen-bond acceptors (Lipinski definition) is 10. The van der Waals surface area contributed by atoms with E-state index in [4.69, 9.17) is 14.2 Å². The van der Waals surface area contributed by atoms with Gasteiger partial charge in [-0.3, -0.25) is 9.59 Å². The molecule has 0 aliphatic heterocycles. The van der Waals surface area contributed by atoms with Gasteiger partial charge >= 0.3 is 5.97 Å². The molecule has 0 saturated carbocycles. The van der Waals surface area contributed by atoms with Crippen LogP contribution >= 0.6 is 23.1 Å². The highest BCUT2D eigenvalue weighted by Gasteiger charge is 2.27. The van der Waals surface area contributed by atoms with E-state index in [1.54, 1.807) is 36.7 Å². The fraction of sp³-hybridized carbons (Fsp3) is 0.423. The van der Waals surface area contributed by atoms with Gasteiger partial charge in [-0.25, -0.2) is 4.79 Å². The maximum Gasteiger partial charge on any atom is 0.341 e. The second kappa shape index (κ2) is 13.0. The molecule has 0 spiro atoms. The van der Waals surface area contributed by atoms with E-state index in [-0.39, 0.29) is 30.7 Å². The van der Waals surface area contributed by atoms with Crippen molar-refractivity contribution >= 4 is 45.9 Å². The number of hydrogen-bond donors (Lipinski definition) is 2. The van der Waals surface area contributed by atoms with Crippen LogP contribution in [0.1, 0.15) is 56.7 Å². The summed E-state index contributed by atoms with van der Waals surface area (Å²) in [6.07, 6.45) is 3.81. The van der Waals surface area contributed by atoms with Crippen LogP contribution in [0, 0.1) is 0 Å². The fourth-order valence-electron chi connectivity index (χ4n) is 4.23. The molecule has 2 N–H and O–H groups in total. The molecule has 0 fully saturated rings. The van der Waals surface area contributed by atoms with Crippen molar-refractivity contribution in [1.82, 2.24) is 20.1 Å². The predicted octanol–water partition coefficient (Wildman–Crippen LogP) is 3.61. The van der Waals surface area contributed by atoms with Crippen LogP contribution in [0.2, 0.25) is 0 Å². The Hall–Kier alpha value is -3.58. The molecule has 1 aliphatic rings. The zero-order valence-corrected chi connectivity index (χ0v) is 23.9. The number of thiophene rings is 1. The number of carbonyl (C=O) groups excluding carboxylic acids is 3. The van der Waals surface area contributed by atoms with Crippen molar-refractivity contribution in [3.05, 3.63) is 45.6 Å². The topological polar surface area (TPSA) is 134 Å². The van der Waals surface area contributed by atoms with Crippen LogP contribution < -0.4 is 20.1 Å². The number of amides is 2. The Morgan fingerprint density at radius 2 is 1.87 bits per heavy atom. The number of methoxy groups -OCH3 is 2. The van der Waals surface area contributed by atoms with Crippen LogP contribution in [0.3, 0.4) is 0 Å². The molecule has 2 amide bonds. The summed E-state index contributed by atoms with van der Waals surface area (Å²) < 4.78 is 17.4. The Kier molecular flexibility index (Phi) is 9.46. The number of fused-ring (bicyclic) bond motifs is 1. The van der Waals surface area contributed by atoms with E-state index in [0.29, 0.717) is 38.6 Å². The maximum absolute atomic E-state index is 12.8. The molecular weight excluding hydrogens is 542 g/mol. The maximum atomic E-state index is 12.8. The van der Waals surface area contributed by atoms with E-state index in [1.165, 1.54) is 37.3 Å². The smallest absolute Gasteiger partial charge is 0.341 e. The molecule has 11 nitrogen and oxygen atoms in total. The van der Waals surface area contributed by atoms with Crippen molar-refractivity contribution in [1.29, 1.82) is 0 Å². The van der Waals surface area contributed by atoms with Gasteiger partial charge in [-0.15, -0.1) is 21.5 Å². The molecule has 2 aromatic heterocycles. The van der Waals surface area contributed by atoms with Crippen LogP contribution in [-0.4, -0.2) is 59.1 Å². The molecule has 1 aromatic carbocycles. The largest absolute Gasteiger partial charge is 0.493 e.